The molecule has 0 bridgehead atoms. The number of nitrogens with one attached hydrogen (secondary N) is 1. The van der Waals surface area contributed by atoms with Gasteiger partial charge in [0.15, 0.2) is 5.06 Å². The number of alkyl halides is 3. The molecule has 0 unspecified atom stereocenters. The largest absolute Gasteiger partial charge is 0.478 e. The number of fused-ring (bicyclic) bond motifs is 3. The number of para-hydroxylation sites is 1. The molecule has 2 aromatic heterocycles. The number of thiophene rings is 1. The zero-order valence-electron chi connectivity index (χ0n) is 29.9. The summed E-state index contributed by atoms with van der Waals surface area (Å²) in [4.78, 5) is 8.75. The fourth-order valence-electron chi connectivity index (χ4n) is 8.12. The lowest BCUT2D eigenvalue weighted by molar-refractivity contribution is -0.0818. The number of aromatic amines is 1. The second kappa shape index (κ2) is 14.5. The number of ether oxygens (including phenoxy) is 1. The van der Waals surface area contributed by atoms with E-state index in [1.807, 2.05) is 89.8 Å². The maximum atomic E-state index is 16.8. The van der Waals surface area contributed by atoms with E-state index in [9.17, 15) is 4.39 Å². The van der Waals surface area contributed by atoms with Gasteiger partial charge in [-0.25, -0.2) is 8.78 Å². The van der Waals surface area contributed by atoms with Gasteiger partial charge in [-0.3, -0.25) is 14.2 Å². The average molecular weight is 732 g/mol. The van der Waals surface area contributed by atoms with Crippen molar-refractivity contribution in [2.45, 2.75) is 69.7 Å². The van der Waals surface area contributed by atoms with Crippen LogP contribution < -0.4 is 15.1 Å². The monoisotopic (exact) mass is 731 g/mol. The predicted octanol–water partition coefficient (Wildman–Crippen LogP) is 8.20. The van der Waals surface area contributed by atoms with Gasteiger partial charge in [0.05, 0.1) is 25.9 Å². The first-order chi connectivity index (χ1) is 24.5. The quantitative estimate of drug-likeness (QED) is 0.124. The standard InChI is InChI=1S/C41H48F3N3O2SSi/c1-29-24-34-33-18-11-12-19-35(33)45-38(34)39(36-20-21-37(50-36)49-30-25-46(26-30)23-13-22-42)47(29)27-41(43,44)28-48-51(40(2,3)4,31-14-7-5-8-15-31)32-16-9-6-10-17-32/h5-12,14-21,29-30,39,45H,13,22-28H2,1-4H3/t29-,39-/m1/s1. The second-order valence-electron chi connectivity index (χ2n) is 15.2. The van der Waals surface area contributed by atoms with E-state index in [-0.39, 0.29) is 18.8 Å². The van der Waals surface area contributed by atoms with E-state index >= 15 is 8.78 Å². The van der Waals surface area contributed by atoms with Crippen molar-refractivity contribution >= 4 is 40.9 Å². The number of hydrogen-bond donors (Lipinski definition) is 1. The van der Waals surface area contributed by atoms with Gasteiger partial charge in [-0.2, -0.15) is 0 Å². The molecule has 10 heteroatoms. The molecule has 2 atom stereocenters. The number of nitrogens with zero attached hydrogens (tertiary/aromatic N) is 2. The maximum Gasteiger partial charge on any atom is 0.282 e. The molecule has 2 aliphatic heterocycles. The van der Waals surface area contributed by atoms with Crippen molar-refractivity contribution in [3.05, 3.63) is 113 Å². The van der Waals surface area contributed by atoms with Gasteiger partial charge in [0.2, 0.25) is 0 Å². The summed E-state index contributed by atoms with van der Waals surface area (Å²) in [5, 5.41) is 3.47. The Balaban J connectivity index is 1.19. The molecule has 0 aliphatic carbocycles. The lowest BCUT2D eigenvalue weighted by Crippen LogP contribution is -2.67. The molecule has 2 aliphatic rings. The molecule has 4 heterocycles. The number of rotatable bonds is 13. The predicted molar refractivity (Wildman–Crippen MR) is 204 cm³/mol. The minimum absolute atomic E-state index is 0.0455. The van der Waals surface area contributed by atoms with Crippen molar-refractivity contribution in [1.29, 1.82) is 0 Å². The fourth-order valence-corrected chi connectivity index (χ4v) is 13.8. The Morgan fingerprint density at radius 2 is 1.53 bits per heavy atom. The smallest absolute Gasteiger partial charge is 0.282 e. The van der Waals surface area contributed by atoms with Crippen molar-refractivity contribution in [1.82, 2.24) is 14.8 Å². The summed E-state index contributed by atoms with van der Waals surface area (Å²) < 4.78 is 59.3. The SMILES string of the molecule is C[C@@H]1Cc2c([nH]c3ccccc23)[C@@H](c2ccc(OC3CN(CCCF)C3)s2)N1CC(F)(F)CO[Si](c1ccccc1)(c1ccccc1)C(C)(C)C. The molecule has 0 amide bonds. The van der Waals surface area contributed by atoms with E-state index < -0.39 is 38.5 Å². The van der Waals surface area contributed by atoms with Crippen molar-refractivity contribution in [2.24, 2.45) is 0 Å². The summed E-state index contributed by atoms with van der Waals surface area (Å²) in [5.41, 5.74) is 3.16. The summed E-state index contributed by atoms with van der Waals surface area (Å²) in [6, 6.07) is 31.6. The summed E-state index contributed by atoms with van der Waals surface area (Å²) in [6.07, 6.45) is 1.24. The van der Waals surface area contributed by atoms with Crippen molar-refractivity contribution in [3.63, 3.8) is 0 Å². The summed E-state index contributed by atoms with van der Waals surface area (Å²) in [6.45, 7) is 9.21. The number of hydrogen-bond acceptors (Lipinski definition) is 5. The van der Waals surface area contributed by atoms with Crippen molar-refractivity contribution < 1.29 is 22.3 Å². The van der Waals surface area contributed by atoms with E-state index in [2.05, 4.69) is 49.7 Å². The van der Waals surface area contributed by atoms with E-state index in [0.717, 1.165) is 56.5 Å². The molecule has 51 heavy (non-hydrogen) atoms. The highest BCUT2D eigenvalue weighted by atomic mass is 32.1. The Labute approximate surface area is 304 Å². The molecule has 1 saturated heterocycles. The number of halogens is 3. The molecule has 1 N–H and O–H groups in total. The van der Waals surface area contributed by atoms with E-state index in [0.29, 0.717) is 12.8 Å². The van der Waals surface area contributed by atoms with E-state index in [1.54, 1.807) is 0 Å². The summed E-state index contributed by atoms with van der Waals surface area (Å²) in [5.74, 6) is -3.14. The lowest BCUT2D eigenvalue weighted by Gasteiger charge is -2.45. The highest BCUT2D eigenvalue weighted by Crippen LogP contribution is 2.46. The van der Waals surface area contributed by atoms with Crippen LogP contribution in [0, 0.1) is 0 Å². The number of likely N-dealkylation sites (tertiary alicyclic amines) is 1. The van der Waals surface area contributed by atoms with Crippen LogP contribution in [0.25, 0.3) is 10.9 Å². The van der Waals surface area contributed by atoms with Gasteiger partial charge in [-0.05, 0) is 58.9 Å². The number of H-pyrrole nitrogens is 1. The van der Waals surface area contributed by atoms with Crippen molar-refractivity contribution in [3.8, 4) is 5.06 Å². The minimum atomic E-state index is -3.17. The zero-order chi connectivity index (χ0) is 35.8. The molecule has 5 nitrogen and oxygen atoms in total. The Morgan fingerprint density at radius 1 is 0.882 bits per heavy atom. The lowest BCUT2D eigenvalue weighted by atomic mass is 9.91. The van der Waals surface area contributed by atoms with Crippen LogP contribution in [0.5, 0.6) is 5.06 Å². The van der Waals surface area contributed by atoms with Crippen LogP contribution in [0.2, 0.25) is 5.04 Å². The molecular formula is C41H48F3N3O2SSi. The van der Waals surface area contributed by atoms with Crippen LogP contribution in [0.3, 0.4) is 0 Å². The zero-order valence-corrected chi connectivity index (χ0v) is 31.7. The highest BCUT2D eigenvalue weighted by molar-refractivity contribution is 7.14. The first-order valence-corrected chi connectivity index (χ1v) is 20.7. The Bertz CT molecular complexity index is 1870. The molecular weight excluding hydrogens is 684 g/mol. The van der Waals surface area contributed by atoms with Gasteiger partial charge in [-0.1, -0.05) is 99.6 Å². The third-order valence-electron chi connectivity index (χ3n) is 10.5. The van der Waals surface area contributed by atoms with E-state index in [1.165, 1.54) is 16.9 Å². The molecule has 0 radical (unpaired) electrons. The topological polar surface area (TPSA) is 40.7 Å². The Morgan fingerprint density at radius 3 is 2.18 bits per heavy atom. The first-order valence-electron chi connectivity index (χ1n) is 18.0. The van der Waals surface area contributed by atoms with Crippen LogP contribution in [0.1, 0.15) is 56.3 Å². The van der Waals surface area contributed by atoms with Gasteiger partial charge < -0.3 is 14.1 Å². The number of aromatic nitrogens is 1. The fraction of sp³-hybridized carbons (Fsp3) is 0.415. The van der Waals surface area contributed by atoms with Gasteiger partial charge in [-0.15, -0.1) is 11.3 Å². The summed E-state index contributed by atoms with van der Waals surface area (Å²) >= 11 is 1.53. The van der Waals surface area contributed by atoms with Crippen molar-refractivity contribution in [2.75, 3.05) is 39.5 Å². The molecule has 1 fully saturated rings. The normalized spacial score (nSPS) is 19.3. The average Bonchev–Trinajstić information content (AvgIpc) is 3.71. The molecule has 0 spiro atoms. The van der Waals surface area contributed by atoms with Crippen LogP contribution >= 0.6 is 11.3 Å². The van der Waals surface area contributed by atoms with Crippen LogP contribution in [0.15, 0.2) is 97.1 Å². The van der Waals surface area contributed by atoms with Crippen LogP contribution in [0.4, 0.5) is 13.2 Å². The third-order valence-corrected chi connectivity index (χ3v) is 16.5. The van der Waals surface area contributed by atoms with Crippen LogP contribution in [-0.4, -0.2) is 80.6 Å². The summed E-state index contributed by atoms with van der Waals surface area (Å²) in [7, 11) is -3.17. The van der Waals surface area contributed by atoms with Gasteiger partial charge in [0, 0.05) is 47.2 Å². The van der Waals surface area contributed by atoms with E-state index in [4.69, 9.17) is 9.16 Å². The molecule has 270 valence electrons. The highest BCUT2D eigenvalue weighted by Gasteiger charge is 2.52. The van der Waals surface area contributed by atoms with Gasteiger partial charge in [0.25, 0.3) is 14.2 Å². The molecule has 3 aromatic carbocycles. The third kappa shape index (κ3) is 7.18. The Kier molecular flexibility index (Phi) is 10.3. The van der Waals surface area contributed by atoms with Gasteiger partial charge in [0.1, 0.15) is 6.10 Å². The minimum Gasteiger partial charge on any atom is -0.478 e. The van der Waals surface area contributed by atoms with Crippen LogP contribution in [-0.2, 0) is 10.8 Å². The van der Waals surface area contributed by atoms with Gasteiger partial charge >= 0.3 is 0 Å². The second-order valence-corrected chi connectivity index (χ2v) is 20.6. The number of benzene rings is 3. The molecule has 5 aromatic rings. The molecule has 7 rings (SSSR count). The molecule has 0 saturated carbocycles. The maximum absolute atomic E-state index is 16.8. The Hall–Kier alpha value is -3.41. The first kappa shape index (κ1) is 36.0.